The highest BCUT2D eigenvalue weighted by Crippen LogP contribution is 2.43. The molecule has 1 aliphatic carbocycles. The number of rotatable bonds is 1. The fourth-order valence-corrected chi connectivity index (χ4v) is 3.28. The molecule has 0 saturated heterocycles. The van der Waals surface area contributed by atoms with Crippen molar-refractivity contribution in [2.75, 3.05) is 0 Å². The van der Waals surface area contributed by atoms with Gasteiger partial charge in [-0.05, 0) is 54.2 Å². The van der Waals surface area contributed by atoms with Crippen LogP contribution in [0.15, 0.2) is 24.3 Å². The molecule has 0 aromatic heterocycles. The lowest BCUT2D eigenvalue weighted by Crippen LogP contribution is -2.38. The average molecular weight is 299 g/mol. The zero-order chi connectivity index (χ0) is 15.8. The van der Waals surface area contributed by atoms with Gasteiger partial charge in [-0.3, -0.25) is 0 Å². The minimum atomic E-state index is -4.28. The summed E-state index contributed by atoms with van der Waals surface area (Å²) in [6.07, 6.45) is -1.29. The summed E-state index contributed by atoms with van der Waals surface area (Å²) in [4.78, 5) is 0. The number of hydrogen-bond acceptors (Lipinski definition) is 1. The summed E-state index contributed by atoms with van der Waals surface area (Å²) in [5, 5.41) is 0. The summed E-state index contributed by atoms with van der Waals surface area (Å²) < 4.78 is 37.9. The third kappa shape index (κ3) is 3.79. The Morgan fingerprint density at radius 1 is 1.00 bits per heavy atom. The third-order valence-electron chi connectivity index (χ3n) is 4.79. The molecule has 1 aromatic rings. The van der Waals surface area contributed by atoms with Gasteiger partial charge in [-0.2, -0.15) is 13.2 Å². The maximum Gasteiger partial charge on any atom is 0.416 e. The van der Waals surface area contributed by atoms with E-state index in [-0.39, 0.29) is 17.4 Å². The molecule has 0 bridgehead atoms. The predicted molar refractivity (Wildman–Crippen MR) is 79.0 cm³/mol. The molecule has 1 saturated carbocycles. The summed E-state index contributed by atoms with van der Waals surface area (Å²) in [7, 11) is 0. The van der Waals surface area contributed by atoms with Crippen LogP contribution in [-0.2, 0) is 6.18 Å². The van der Waals surface area contributed by atoms with Crippen molar-refractivity contribution < 1.29 is 13.2 Å². The number of nitrogens with two attached hydrogens (primary N) is 1. The van der Waals surface area contributed by atoms with Crippen molar-refractivity contribution in [1.29, 1.82) is 0 Å². The van der Waals surface area contributed by atoms with E-state index in [2.05, 4.69) is 20.8 Å². The van der Waals surface area contributed by atoms with Crippen molar-refractivity contribution in [3.63, 3.8) is 0 Å². The maximum atomic E-state index is 12.6. The van der Waals surface area contributed by atoms with E-state index >= 15 is 0 Å². The zero-order valence-electron chi connectivity index (χ0n) is 12.9. The molecule has 0 spiro atoms. The minimum Gasteiger partial charge on any atom is -0.327 e. The van der Waals surface area contributed by atoms with Crippen LogP contribution < -0.4 is 5.73 Å². The molecule has 1 nitrogen and oxygen atoms in total. The van der Waals surface area contributed by atoms with E-state index in [4.69, 9.17) is 5.73 Å². The van der Waals surface area contributed by atoms with Gasteiger partial charge in [0.1, 0.15) is 0 Å². The van der Waals surface area contributed by atoms with Crippen molar-refractivity contribution in [1.82, 2.24) is 0 Å². The molecule has 2 rings (SSSR count). The van der Waals surface area contributed by atoms with Gasteiger partial charge in [0.2, 0.25) is 0 Å². The van der Waals surface area contributed by atoms with Gasteiger partial charge in [0.15, 0.2) is 0 Å². The van der Waals surface area contributed by atoms with Crippen LogP contribution in [0.1, 0.15) is 57.1 Å². The summed E-state index contributed by atoms with van der Waals surface area (Å²) in [5.74, 6) is 0.717. The van der Waals surface area contributed by atoms with Gasteiger partial charge in [-0.15, -0.1) is 0 Å². The first-order valence-corrected chi connectivity index (χ1v) is 7.52. The number of alkyl halides is 3. The molecule has 118 valence electrons. The van der Waals surface area contributed by atoms with E-state index in [1.807, 2.05) is 0 Å². The molecule has 0 amide bonds. The average Bonchev–Trinajstić information content (AvgIpc) is 2.37. The van der Waals surface area contributed by atoms with Gasteiger partial charge in [-0.25, -0.2) is 0 Å². The second-order valence-corrected chi connectivity index (χ2v) is 7.27. The van der Waals surface area contributed by atoms with Crippen LogP contribution >= 0.6 is 0 Å². The minimum absolute atomic E-state index is 0.0420. The fraction of sp³-hybridized carbons (Fsp3) is 0.647. The topological polar surface area (TPSA) is 26.0 Å². The molecular weight excluding hydrogens is 275 g/mol. The number of benzene rings is 1. The van der Waals surface area contributed by atoms with Crippen molar-refractivity contribution in [3.8, 4) is 0 Å². The van der Waals surface area contributed by atoms with Crippen molar-refractivity contribution in [3.05, 3.63) is 35.4 Å². The summed E-state index contributed by atoms with van der Waals surface area (Å²) in [6.45, 7) is 6.66. The number of hydrogen-bond donors (Lipinski definition) is 1. The van der Waals surface area contributed by atoms with Crippen molar-refractivity contribution >= 4 is 0 Å². The van der Waals surface area contributed by atoms with Crippen LogP contribution in [0.5, 0.6) is 0 Å². The molecule has 1 aliphatic rings. The van der Waals surface area contributed by atoms with E-state index < -0.39 is 11.7 Å². The van der Waals surface area contributed by atoms with Gasteiger partial charge in [0.05, 0.1) is 5.56 Å². The molecule has 0 radical (unpaired) electrons. The van der Waals surface area contributed by atoms with Gasteiger partial charge < -0.3 is 5.73 Å². The van der Waals surface area contributed by atoms with E-state index in [9.17, 15) is 13.2 Å². The highest BCUT2D eigenvalue weighted by Gasteiger charge is 2.36. The van der Waals surface area contributed by atoms with Crippen LogP contribution in [0.3, 0.4) is 0 Å². The van der Waals surface area contributed by atoms with Gasteiger partial charge in [-0.1, -0.05) is 32.9 Å². The van der Waals surface area contributed by atoms with Gasteiger partial charge >= 0.3 is 6.18 Å². The molecule has 3 unspecified atom stereocenters. The lowest BCUT2D eigenvalue weighted by atomic mass is 9.66. The zero-order valence-corrected chi connectivity index (χ0v) is 12.9. The lowest BCUT2D eigenvalue weighted by molar-refractivity contribution is -0.137. The monoisotopic (exact) mass is 299 g/mol. The van der Waals surface area contributed by atoms with Crippen molar-refractivity contribution in [2.24, 2.45) is 17.1 Å². The molecule has 0 aliphatic heterocycles. The summed E-state index contributed by atoms with van der Waals surface area (Å²) >= 11 is 0. The highest BCUT2D eigenvalue weighted by molar-refractivity contribution is 5.28. The first-order chi connectivity index (χ1) is 9.59. The Kier molecular flexibility index (Phi) is 4.39. The fourth-order valence-electron chi connectivity index (χ4n) is 3.28. The molecule has 1 fully saturated rings. The second-order valence-electron chi connectivity index (χ2n) is 7.27. The van der Waals surface area contributed by atoms with Crippen LogP contribution in [-0.4, -0.2) is 6.04 Å². The largest absolute Gasteiger partial charge is 0.416 e. The molecule has 4 heteroatoms. The van der Waals surface area contributed by atoms with E-state index in [0.29, 0.717) is 5.92 Å². The van der Waals surface area contributed by atoms with E-state index in [0.717, 1.165) is 24.8 Å². The molecule has 3 atom stereocenters. The lowest BCUT2D eigenvalue weighted by Gasteiger charge is -2.41. The van der Waals surface area contributed by atoms with Crippen LogP contribution in [0.2, 0.25) is 0 Å². The highest BCUT2D eigenvalue weighted by atomic mass is 19.4. The molecule has 1 aromatic carbocycles. The Hall–Kier alpha value is -1.03. The predicted octanol–water partition coefficient (Wildman–Crippen LogP) is 4.96. The van der Waals surface area contributed by atoms with Crippen LogP contribution in [0.4, 0.5) is 13.2 Å². The molecule has 2 N–H and O–H groups in total. The first kappa shape index (κ1) is 16.3. The standard InChI is InChI=1S/C17H24F3N/c1-16(2,3)13-8-9-15(21)14(10-13)11-4-6-12(7-5-11)17(18,19)20/h4-7,13-15H,8-10,21H2,1-3H3. The third-order valence-corrected chi connectivity index (χ3v) is 4.79. The Morgan fingerprint density at radius 3 is 2.05 bits per heavy atom. The normalized spacial score (nSPS) is 27.7. The van der Waals surface area contributed by atoms with Crippen LogP contribution in [0.25, 0.3) is 0 Å². The second kappa shape index (κ2) is 5.64. The molecule has 0 heterocycles. The van der Waals surface area contributed by atoms with Crippen molar-refractivity contribution in [2.45, 2.75) is 58.2 Å². The molecular formula is C17H24F3N. The van der Waals surface area contributed by atoms with E-state index in [1.54, 1.807) is 12.1 Å². The van der Waals surface area contributed by atoms with Gasteiger partial charge in [0, 0.05) is 6.04 Å². The Labute approximate surface area is 124 Å². The maximum absolute atomic E-state index is 12.6. The quantitative estimate of drug-likeness (QED) is 0.779. The van der Waals surface area contributed by atoms with E-state index in [1.165, 1.54) is 12.1 Å². The Morgan fingerprint density at radius 2 is 1.57 bits per heavy atom. The number of halogens is 3. The SMILES string of the molecule is CC(C)(C)C1CCC(N)C(c2ccc(C(F)(F)F)cc2)C1. The Balaban J connectivity index is 2.19. The Bertz CT molecular complexity index is 470. The molecule has 21 heavy (non-hydrogen) atoms. The smallest absolute Gasteiger partial charge is 0.327 e. The van der Waals surface area contributed by atoms with Crippen LogP contribution in [0, 0.1) is 11.3 Å². The summed E-state index contributed by atoms with van der Waals surface area (Å²) in [5.41, 5.74) is 6.77. The van der Waals surface area contributed by atoms with Gasteiger partial charge in [0.25, 0.3) is 0 Å². The first-order valence-electron chi connectivity index (χ1n) is 7.52. The summed E-state index contributed by atoms with van der Waals surface area (Å²) in [6, 6.07) is 5.57.